The minimum atomic E-state index is -0.400. The van der Waals surface area contributed by atoms with Crippen molar-refractivity contribution in [3.63, 3.8) is 0 Å². The maximum absolute atomic E-state index is 11.9. The van der Waals surface area contributed by atoms with E-state index < -0.39 is 6.04 Å². The van der Waals surface area contributed by atoms with Crippen LogP contribution in [0.3, 0.4) is 0 Å². The van der Waals surface area contributed by atoms with Crippen molar-refractivity contribution in [3.8, 4) is 0 Å². The second-order valence-electron chi connectivity index (χ2n) is 5.32. The first-order chi connectivity index (χ1) is 8.45. The molecular weight excluding hydrogens is 230 g/mol. The summed E-state index contributed by atoms with van der Waals surface area (Å²) in [5.74, 6) is 0.580. The minimum Gasteiger partial charge on any atom is -0.339 e. The summed E-state index contributed by atoms with van der Waals surface area (Å²) in [5.41, 5.74) is 5.74. The molecule has 0 aromatic rings. The Morgan fingerprint density at radius 1 is 1.11 bits per heavy atom. The molecular formula is C13H25N3O2. The molecule has 0 aromatic heterocycles. The van der Waals surface area contributed by atoms with E-state index >= 15 is 0 Å². The highest BCUT2D eigenvalue weighted by Crippen LogP contribution is 2.09. The van der Waals surface area contributed by atoms with Crippen LogP contribution in [0.5, 0.6) is 0 Å². The molecule has 1 saturated heterocycles. The highest BCUT2D eigenvalue weighted by atomic mass is 16.2. The van der Waals surface area contributed by atoms with E-state index in [0.29, 0.717) is 44.9 Å². The van der Waals surface area contributed by atoms with Crippen LogP contribution in [0.2, 0.25) is 0 Å². The maximum atomic E-state index is 11.9. The Kier molecular flexibility index (Phi) is 5.59. The zero-order valence-electron chi connectivity index (χ0n) is 11.7. The van der Waals surface area contributed by atoms with Crippen molar-refractivity contribution in [2.75, 3.05) is 26.2 Å². The van der Waals surface area contributed by atoms with Gasteiger partial charge in [-0.2, -0.15) is 0 Å². The van der Waals surface area contributed by atoms with Gasteiger partial charge in [0.25, 0.3) is 0 Å². The lowest BCUT2D eigenvalue weighted by atomic mass is 10.1. The van der Waals surface area contributed by atoms with Crippen LogP contribution in [0.25, 0.3) is 0 Å². The largest absolute Gasteiger partial charge is 0.339 e. The summed E-state index contributed by atoms with van der Waals surface area (Å²) in [6.45, 7) is 8.47. The minimum absolute atomic E-state index is 0.00783. The number of amides is 2. The van der Waals surface area contributed by atoms with Crippen LogP contribution in [0.4, 0.5) is 0 Å². The average molecular weight is 255 g/mol. The van der Waals surface area contributed by atoms with Crippen LogP contribution < -0.4 is 5.73 Å². The molecule has 0 spiro atoms. The second kappa shape index (κ2) is 6.73. The number of rotatable bonds is 4. The van der Waals surface area contributed by atoms with E-state index in [-0.39, 0.29) is 11.8 Å². The molecule has 104 valence electrons. The first kappa shape index (κ1) is 15.0. The number of carbonyl (C=O) groups is 2. The van der Waals surface area contributed by atoms with Gasteiger partial charge in [-0.3, -0.25) is 9.59 Å². The standard InChI is InChI=1S/C13H25N3O2/c1-4-11(14)13(18)16-7-5-15(6-8-16)12(17)9-10(2)3/h10-11H,4-9,14H2,1-3H3/t11-/m0/s1. The van der Waals surface area contributed by atoms with Gasteiger partial charge in [0.05, 0.1) is 6.04 Å². The number of piperazine rings is 1. The zero-order valence-corrected chi connectivity index (χ0v) is 11.7. The predicted molar refractivity (Wildman–Crippen MR) is 70.9 cm³/mol. The fourth-order valence-electron chi connectivity index (χ4n) is 2.06. The number of nitrogens with two attached hydrogens (primary N) is 1. The van der Waals surface area contributed by atoms with Crippen LogP contribution in [0.1, 0.15) is 33.6 Å². The Bertz CT molecular complexity index is 297. The first-order valence-corrected chi connectivity index (χ1v) is 6.77. The summed E-state index contributed by atoms with van der Waals surface area (Å²) in [7, 11) is 0. The monoisotopic (exact) mass is 255 g/mol. The molecule has 1 heterocycles. The van der Waals surface area contributed by atoms with Crippen molar-refractivity contribution in [2.24, 2.45) is 11.7 Å². The number of carbonyl (C=O) groups excluding carboxylic acids is 2. The van der Waals surface area contributed by atoms with Crippen LogP contribution in [-0.2, 0) is 9.59 Å². The Hall–Kier alpha value is -1.10. The summed E-state index contributed by atoms with van der Waals surface area (Å²) in [6.07, 6.45) is 1.24. The predicted octanol–water partition coefficient (Wildman–Crippen LogP) is 0.441. The van der Waals surface area contributed by atoms with Crippen molar-refractivity contribution in [1.82, 2.24) is 9.80 Å². The van der Waals surface area contributed by atoms with Crippen LogP contribution in [0, 0.1) is 5.92 Å². The van der Waals surface area contributed by atoms with E-state index in [4.69, 9.17) is 5.73 Å². The lowest BCUT2D eigenvalue weighted by molar-refractivity contribution is -0.140. The quantitative estimate of drug-likeness (QED) is 0.792. The summed E-state index contributed by atoms with van der Waals surface area (Å²) >= 11 is 0. The van der Waals surface area contributed by atoms with E-state index in [9.17, 15) is 9.59 Å². The third kappa shape index (κ3) is 3.98. The molecule has 1 aliphatic heterocycles. The topological polar surface area (TPSA) is 66.6 Å². The van der Waals surface area contributed by atoms with Crippen molar-refractivity contribution in [1.29, 1.82) is 0 Å². The van der Waals surface area contributed by atoms with Gasteiger partial charge in [-0.05, 0) is 12.3 Å². The lowest BCUT2D eigenvalue weighted by Gasteiger charge is -2.36. The van der Waals surface area contributed by atoms with Gasteiger partial charge >= 0.3 is 0 Å². The molecule has 1 fully saturated rings. The van der Waals surface area contributed by atoms with Gasteiger partial charge in [-0.15, -0.1) is 0 Å². The Labute approximate surface area is 109 Å². The Morgan fingerprint density at radius 3 is 2.06 bits per heavy atom. The molecule has 0 aliphatic carbocycles. The van der Waals surface area contributed by atoms with Crippen LogP contribution in [-0.4, -0.2) is 53.8 Å². The zero-order chi connectivity index (χ0) is 13.7. The van der Waals surface area contributed by atoms with Crippen molar-refractivity contribution >= 4 is 11.8 Å². The van der Waals surface area contributed by atoms with E-state index in [1.54, 1.807) is 4.90 Å². The van der Waals surface area contributed by atoms with E-state index in [0.717, 1.165) is 0 Å². The SMILES string of the molecule is CC[C@H](N)C(=O)N1CCN(C(=O)CC(C)C)CC1. The summed E-state index contributed by atoms with van der Waals surface area (Å²) in [5, 5.41) is 0. The van der Waals surface area contributed by atoms with Gasteiger partial charge in [0.1, 0.15) is 0 Å². The second-order valence-corrected chi connectivity index (χ2v) is 5.32. The summed E-state index contributed by atoms with van der Waals surface area (Å²) in [4.78, 5) is 27.4. The van der Waals surface area contributed by atoms with E-state index in [1.807, 2.05) is 25.7 Å². The van der Waals surface area contributed by atoms with Crippen LogP contribution >= 0.6 is 0 Å². The molecule has 0 radical (unpaired) electrons. The highest BCUT2D eigenvalue weighted by molar-refractivity contribution is 5.82. The highest BCUT2D eigenvalue weighted by Gasteiger charge is 2.26. The normalized spacial score (nSPS) is 18.1. The Balaban J connectivity index is 2.41. The lowest BCUT2D eigenvalue weighted by Crippen LogP contribution is -2.54. The molecule has 0 saturated carbocycles. The van der Waals surface area contributed by atoms with Gasteiger partial charge < -0.3 is 15.5 Å². The van der Waals surface area contributed by atoms with E-state index in [2.05, 4.69) is 0 Å². The third-order valence-electron chi connectivity index (χ3n) is 3.28. The molecule has 5 nitrogen and oxygen atoms in total. The van der Waals surface area contributed by atoms with Crippen molar-refractivity contribution < 1.29 is 9.59 Å². The number of nitrogens with zero attached hydrogens (tertiary/aromatic N) is 2. The Morgan fingerprint density at radius 2 is 1.61 bits per heavy atom. The van der Waals surface area contributed by atoms with Gasteiger partial charge in [0.15, 0.2) is 0 Å². The van der Waals surface area contributed by atoms with Crippen molar-refractivity contribution in [2.45, 2.75) is 39.7 Å². The number of hydrogen-bond donors (Lipinski definition) is 1. The molecule has 1 atom stereocenters. The molecule has 0 bridgehead atoms. The fraction of sp³-hybridized carbons (Fsp3) is 0.846. The average Bonchev–Trinajstić information content (AvgIpc) is 2.36. The molecule has 2 N–H and O–H groups in total. The van der Waals surface area contributed by atoms with E-state index in [1.165, 1.54) is 0 Å². The fourth-order valence-corrected chi connectivity index (χ4v) is 2.06. The molecule has 0 aromatic carbocycles. The van der Waals surface area contributed by atoms with Gasteiger partial charge in [0, 0.05) is 32.6 Å². The molecule has 0 unspecified atom stereocenters. The summed E-state index contributed by atoms with van der Waals surface area (Å²) in [6, 6.07) is -0.400. The van der Waals surface area contributed by atoms with Crippen LogP contribution in [0.15, 0.2) is 0 Å². The first-order valence-electron chi connectivity index (χ1n) is 6.77. The van der Waals surface area contributed by atoms with Gasteiger partial charge in [-0.25, -0.2) is 0 Å². The molecule has 2 amide bonds. The molecule has 1 rings (SSSR count). The smallest absolute Gasteiger partial charge is 0.239 e. The van der Waals surface area contributed by atoms with Gasteiger partial charge in [0.2, 0.25) is 11.8 Å². The molecule has 5 heteroatoms. The maximum Gasteiger partial charge on any atom is 0.239 e. The molecule has 18 heavy (non-hydrogen) atoms. The molecule has 1 aliphatic rings. The number of hydrogen-bond acceptors (Lipinski definition) is 3. The van der Waals surface area contributed by atoms with Gasteiger partial charge in [-0.1, -0.05) is 20.8 Å². The third-order valence-corrected chi connectivity index (χ3v) is 3.28. The van der Waals surface area contributed by atoms with Crippen molar-refractivity contribution in [3.05, 3.63) is 0 Å². The summed E-state index contributed by atoms with van der Waals surface area (Å²) < 4.78 is 0.